The van der Waals surface area contributed by atoms with E-state index in [0.717, 1.165) is 15.8 Å². The van der Waals surface area contributed by atoms with Crippen LogP contribution < -0.4 is 24.4 Å². The summed E-state index contributed by atoms with van der Waals surface area (Å²) in [6, 6.07) is 10.9. The fourth-order valence-electron chi connectivity index (χ4n) is 3.68. The lowest BCUT2D eigenvalue weighted by Gasteiger charge is -2.50. The highest BCUT2D eigenvalue weighted by molar-refractivity contribution is 9.10. The summed E-state index contributed by atoms with van der Waals surface area (Å²) in [5.74, 6) is 1.97. The topological polar surface area (TPSA) is 60.0 Å². The van der Waals surface area contributed by atoms with Crippen molar-refractivity contribution >= 4 is 27.6 Å². The van der Waals surface area contributed by atoms with Crippen LogP contribution in [0, 0.1) is 0 Å². The third kappa shape index (κ3) is 2.58. The highest BCUT2D eigenvalue weighted by Gasteiger charge is 2.50. The van der Waals surface area contributed by atoms with Gasteiger partial charge in [0.05, 0.1) is 25.9 Å². The number of nitrogens with one attached hydrogen (secondary N) is 1. The Bertz CT molecular complexity index is 888. The Labute approximate surface area is 160 Å². The maximum absolute atomic E-state index is 13.0. The molecule has 2 amide bonds. The molecule has 6 nitrogen and oxygen atoms in total. The molecule has 2 bridgehead atoms. The molecule has 0 saturated carbocycles. The quantitative estimate of drug-likeness (QED) is 0.809. The summed E-state index contributed by atoms with van der Waals surface area (Å²) in [4.78, 5) is 14.6. The van der Waals surface area contributed by atoms with Crippen LogP contribution in [0.5, 0.6) is 17.2 Å². The number of rotatable bonds is 3. The minimum absolute atomic E-state index is 0.103. The van der Waals surface area contributed by atoms with Crippen LogP contribution in [-0.4, -0.2) is 26.0 Å². The van der Waals surface area contributed by atoms with E-state index in [1.54, 1.807) is 31.3 Å². The molecule has 2 aliphatic heterocycles. The van der Waals surface area contributed by atoms with Gasteiger partial charge in [0, 0.05) is 22.5 Å². The summed E-state index contributed by atoms with van der Waals surface area (Å²) < 4.78 is 18.0. The van der Waals surface area contributed by atoms with Gasteiger partial charge in [-0.1, -0.05) is 15.9 Å². The standard InChI is InChI=1S/C19H19BrN2O4/c1-19-10-14(13-8-11(20)4-7-16(13)26-19)21-18(23)22(19)15-6-5-12(24-2)9-17(15)25-3/h4-9,14H,10H2,1-3H3,(H,21,23)/t14-,19-/m0/s1. The number of urea groups is 1. The number of hydrogen-bond donors (Lipinski definition) is 1. The molecular weight excluding hydrogens is 400 g/mol. The molecule has 2 aromatic carbocycles. The van der Waals surface area contributed by atoms with Crippen molar-refractivity contribution in [3.63, 3.8) is 0 Å². The molecule has 4 rings (SSSR count). The number of benzene rings is 2. The molecule has 1 N–H and O–H groups in total. The van der Waals surface area contributed by atoms with Crippen molar-refractivity contribution in [1.29, 1.82) is 0 Å². The lowest BCUT2D eigenvalue weighted by Crippen LogP contribution is -2.65. The van der Waals surface area contributed by atoms with Crippen molar-refractivity contribution < 1.29 is 19.0 Å². The Morgan fingerprint density at radius 3 is 2.77 bits per heavy atom. The maximum atomic E-state index is 13.0. The van der Waals surface area contributed by atoms with Gasteiger partial charge < -0.3 is 19.5 Å². The van der Waals surface area contributed by atoms with Crippen molar-refractivity contribution in [3.8, 4) is 17.2 Å². The molecule has 0 unspecified atom stereocenters. The van der Waals surface area contributed by atoms with E-state index in [2.05, 4.69) is 21.2 Å². The van der Waals surface area contributed by atoms with Crippen LogP contribution in [0.15, 0.2) is 40.9 Å². The maximum Gasteiger partial charge on any atom is 0.325 e. The fraction of sp³-hybridized carbons (Fsp3) is 0.316. The van der Waals surface area contributed by atoms with Gasteiger partial charge in [0.25, 0.3) is 0 Å². The van der Waals surface area contributed by atoms with Gasteiger partial charge in [0.2, 0.25) is 0 Å². The van der Waals surface area contributed by atoms with Crippen molar-refractivity contribution in [2.45, 2.75) is 25.1 Å². The Morgan fingerprint density at radius 1 is 1.23 bits per heavy atom. The molecule has 2 aliphatic rings. The van der Waals surface area contributed by atoms with E-state index < -0.39 is 5.72 Å². The van der Waals surface area contributed by atoms with Gasteiger partial charge in [-0.2, -0.15) is 0 Å². The first-order chi connectivity index (χ1) is 12.4. The van der Waals surface area contributed by atoms with Gasteiger partial charge in [-0.25, -0.2) is 4.79 Å². The minimum atomic E-state index is -0.824. The molecule has 0 aliphatic carbocycles. The van der Waals surface area contributed by atoms with E-state index >= 15 is 0 Å². The summed E-state index contributed by atoms with van der Waals surface area (Å²) in [5.41, 5.74) is 0.786. The largest absolute Gasteiger partial charge is 0.497 e. The molecule has 2 atom stereocenters. The number of methoxy groups -OCH3 is 2. The summed E-state index contributed by atoms with van der Waals surface area (Å²) in [7, 11) is 3.16. The zero-order valence-corrected chi connectivity index (χ0v) is 16.3. The normalized spacial score (nSPS) is 23.6. The molecule has 26 heavy (non-hydrogen) atoms. The van der Waals surface area contributed by atoms with E-state index in [-0.39, 0.29) is 12.1 Å². The first kappa shape index (κ1) is 17.0. The zero-order chi connectivity index (χ0) is 18.5. The number of amides is 2. The van der Waals surface area contributed by atoms with Gasteiger partial charge >= 0.3 is 6.03 Å². The molecule has 0 aromatic heterocycles. The van der Waals surface area contributed by atoms with Crippen molar-refractivity contribution in [1.82, 2.24) is 5.32 Å². The van der Waals surface area contributed by atoms with E-state index in [1.807, 2.05) is 31.2 Å². The van der Waals surface area contributed by atoms with E-state index in [9.17, 15) is 4.79 Å². The second-order valence-electron chi connectivity index (χ2n) is 6.54. The van der Waals surface area contributed by atoms with Crippen LogP contribution in [0.25, 0.3) is 0 Å². The second kappa shape index (κ2) is 6.09. The molecule has 136 valence electrons. The number of hydrogen-bond acceptors (Lipinski definition) is 4. The van der Waals surface area contributed by atoms with Crippen LogP contribution in [0.2, 0.25) is 0 Å². The summed E-state index contributed by atoms with van der Waals surface area (Å²) in [6.07, 6.45) is 0.622. The molecule has 1 saturated heterocycles. The predicted octanol–water partition coefficient (Wildman–Crippen LogP) is 4.24. The Balaban J connectivity index is 1.80. The van der Waals surface area contributed by atoms with Crippen LogP contribution in [0.4, 0.5) is 10.5 Å². The Kier molecular flexibility index (Phi) is 3.99. The second-order valence-corrected chi connectivity index (χ2v) is 7.45. The minimum Gasteiger partial charge on any atom is -0.497 e. The smallest absolute Gasteiger partial charge is 0.325 e. The van der Waals surface area contributed by atoms with Gasteiger partial charge in [-0.3, -0.25) is 4.90 Å². The molecule has 7 heteroatoms. The number of nitrogens with zero attached hydrogens (tertiary/aromatic N) is 1. The van der Waals surface area contributed by atoms with Gasteiger partial charge in [-0.05, 0) is 37.3 Å². The SMILES string of the molecule is COc1ccc(N2C(=O)N[C@H]3C[C@]2(C)Oc2ccc(Br)cc23)c(OC)c1. The van der Waals surface area contributed by atoms with E-state index in [0.29, 0.717) is 23.6 Å². The van der Waals surface area contributed by atoms with Crippen molar-refractivity contribution in [3.05, 3.63) is 46.4 Å². The average Bonchev–Trinajstić information content (AvgIpc) is 2.62. The third-order valence-corrected chi connectivity index (χ3v) is 5.35. The number of anilines is 1. The Morgan fingerprint density at radius 2 is 2.04 bits per heavy atom. The van der Waals surface area contributed by atoms with Gasteiger partial charge in [0.15, 0.2) is 5.72 Å². The predicted molar refractivity (Wildman–Crippen MR) is 101 cm³/mol. The first-order valence-corrected chi connectivity index (χ1v) is 9.06. The number of fused-ring (bicyclic) bond motifs is 4. The number of halogens is 1. The zero-order valence-electron chi connectivity index (χ0n) is 14.7. The first-order valence-electron chi connectivity index (χ1n) is 8.26. The van der Waals surface area contributed by atoms with Gasteiger partial charge in [-0.15, -0.1) is 0 Å². The van der Waals surface area contributed by atoms with Crippen molar-refractivity contribution in [2.24, 2.45) is 0 Å². The summed E-state index contributed by atoms with van der Waals surface area (Å²) >= 11 is 3.48. The molecule has 1 fully saturated rings. The number of ether oxygens (including phenoxy) is 3. The third-order valence-electron chi connectivity index (χ3n) is 4.86. The monoisotopic (exact) mass is 418 g/mol. The lowest BCUT2D eigenvalue weighted by molar-refractivity contribution is 0.0374. The van der Waals surface area contributed by atoms with E-state index in [4.69, 9.17) is 14.2 Å². The molecular formula is C19H19BrN2O4. The number of carbonyl (C=O) groups is 1. The van der Waals surface area contributed by atoms with Crippen molar-refractivity contribution in [2.75, 3.05) is 19.1 Å². The molecule has 0 spiro atoms. The molecule has 0 radical (unpaired) electrons. The van der Waals surface area contributed by atoms with Crippen LogP contribution in [0.3, 0.4) is 0 Å². The number of carbonyl (C=O) groups excluding carboxylic acids is 1. The highest BCUT2D eigenvalue weighted by atomic mass is 79.9. The lowest BCUT2D eigenvalue weighted by atomic mass is 9.90. The summed E-state index contributed by atoms with van der Waals surface area (Å²) in [5, 5.41) is 3.08. The van der Waals surface area contributed by atoms with E-state index in [1.165, 1.54) is 0 Å². The van der Waals surface area contributed by atoms with Crippen LogP contribution >= 0.6 is 15.9 Å². The average molecular weight is 419 g/mol. The molecule has 2 aromatic rings. The van der Waals surface area contributed by atoms with Gasteiger partial charge in [0.1, 0.15) is 17.2 Å². The highest BCUT2D eigenvalue weighted by Crippen LogP contribution is 2.48. The Hall–Kier alpha value is -2.41. The van der Waals surface area contributed by atoms with Crippen LogP contribution in [-0.2, 0) is 0 Å². The van der Waals surface area contributed by atoms with Crippen LogP contribution in [0.1, 0.15) is 24.9 Å². The fourth-order valence-corrected chi connectivity index (χ4v) is 4.06. The summed E-state index contributed by atoms with van der Waals surface area (Å²) in [6.45, 7) is 1.92. The molecule has 2 heterocycles.